The van der Waals surface area contributed by atoms with E-state index < -0.39 is 0 Å². The maximum absolute atomic E-state index is 13.1. The molecule has 6 rings (SSSR count). The summed E-state index contributed by atoms with van der Waals surface area (Å²) in [5.74, 6) is 1.51. The van der Waals surface area contributed by atoms with Gasteiger partial charge in [0, 0.05) is 49.2 Å². The maximum Gasteiger partial charge on any atom is 0.251 e. The van der Waals surface area contributed by atoms with Gasteiger partial charge in [-0.05, 0) is 74.9 Å². The summed E-state index contributed by atoms with van der Waals surface area (Å²) in [6.45, 7) is 7.23. The zero-order valence-electron chi connectivity index (χ0n) is 20.4. The number of carbonyl (C=O) groups is 2. The fraction of sp³-hybridized carbons (Fsp3) is 0.448. The van der Waals surface area contributed by atoms with Crippen molar-refractivity contribution >= 4 is 22.7 Å². The largest absolute Gasteiger partial charge is 0.452 e. The molecule has 6 nitrogen and oxygen atoms in total. The number of ketones is 1. The summed E-state index contributed by atoms with van der Waals surface area (Å²) in [5.41, 5.74) is 3.07. The maximum atomic E-state index is 13.1. The fourth-order valence-corrected chi connectivity index (χ4v) is 5.54. The second-order valence-electron chi connectivity index (χ2n) is 9.75. The van der Waals surface area contributed by atoms with Crippen LogP contribution < -0.4 is 5.32 Å². The molecule has 6 heteroatoms. The number of hydrogen-bond acceptors (Lipinski definition) is 5. The van der Waals surface area contributed by atoms with Gasteiger partial charge in [-0.2, -0.15) is 0 Å². The second kappa shape index (κ2) is 10.8. The minimum absolute atomic E-state index is 0.0890. The van der Waals surface area contributed by atoms with E-state index in [-0.39, 0.29) is 11.7 Å². The number of piperidine rings is 3. The van der Waals surface area contributed by atoms with Gasteiger partial charge in [-0.25, -0.2) is 0 Å². The van der Waals surface area contributed by atoms with Crippen molar-refractivity contribution in [2.24, 2.45) is 11.8 Å². The van der Waals surface area contributed by atoms with Crippen LogP contribution in [0.2, 0.25) is 0 Å². The molecular formula is C29H34N2O4. The lowest BCUT2D eigenvalue weighted by molar-refractivity contribution is 0.0433. The highest BCUT2D eigenvalue weighted by atomic mass is 16.5. The van der Waals surface area contributed by atoms with Crippen molar-refractivity contribution in [3.63, 3.8) is 0 Å². The lowest BCUT2D eigenvalue weighted by Crippen LogP contribution is -2.47. The number of furan rings is 1. The number of nitrogens with one attached hydrogen (secondary N) is 1. The van der Waals surface area contributed by atoms with Crippen molar-refractivity contribution in [1.29, 1.82) is 0 Å². The molecule has 0 spiro atoms. The summed E-state index contributed by atoms with van der Waals surface area (Å²) in [5, 5.41) is 3.86. The number of carbonyl (C=O) groups excluding carboxylic acids is 2. The van der Waals surface area contributed by atoms with Gasteiger partial charge in [0.2, 0.25) is 0 Å². The highest BCUT2D eigenvalue weighted by molar-refractivity contribution is 6.02. The molecule has 1 amide bonds. The molecule has 3 aromatic rings. The standard InChI is InChI=1S/C29H34N2O4/c1-2-34-15-5-12-30-29(33)23-8-3-6-21(16-23)25-9-4-7-22-18-27(35-28(22)25)26(32)17-24-19-31-13-10-20(24)11-14-31/h3-4,6-9,16,18,20,24H,2,5,10-15,17,19H2,1H3,(H,30,33)/t24-/m1/s1. The zero-order chi connectivity index (χ0) is 24.2. The van der Waals surface area contributed by atoms with Crippen LogP contribution in [0.25, 0.3) is 22.1 Å². The third-order valence-corrected chi connectivity index (χ3v) is 7.45. The van der Waals surface area contributed by atoms with Crippen LogP contribution in [-0.2, 0) is 4.74 Å². The first kappa shape index (κ1) is 23.8. The highest BCUT2D eigenvalue weighted by Crippen LogP contribution is 2.36. The summed E-state index contributed by atoms with van der Waals surface area (Å²) >= 11 is 0. The molecule has 0 unspecified atom stereocenters. The van der Waals surface area contributed by atoms with Crippen LogP contribution in [0.5, 0.6) is 0 Å². The van der Waals surface area contributed by atoms with Crippen LogP contribution >= 0.6 is 0 Å². The summed E-state index contributed by atoms with van der Waals surface area (Å²) < 4.78 is 11.5. The third-order valence-electron chi connectivity index (χ3n) is 7.45. The van der Waals surface area contributed by atoms with Crippen LogP contribution in [0.15, 0.2) is 52.9 Å². The summed E-state index contributed by atoms with van der Waals surface area (Å²) in [6.07, 6.45) is 3.74. The highest BCUT2D eigenvalue weighted by Gasteiger charge is 2.35. The van der Waals surface area contributed by atoms with Gasteiger partial charge >= 0.3 is 0 Å². The van der Waals surface area contributed by atoms with Gasteiger partial charge < -0.3 is 19.4 Å². The van der Waals surface area contributed by atoms with E-state index in [1.807, 2.05) is 55.5 Å². The van der Waals surface area contributed by atoms with Crippen LogP contribution in [0.4, 0.5) is 0 Å². The quantitative estimate of drug-likeness (QED) is 0.324. The Hall–Kier alpha value is -2.96. The van der Waals surface area contributed by atoms with Crippen molar-refractivity contribution in [2.75, 3.05) is 39.4 Å². The first-order chi connectivity index (χ1) is 17.1. The Morgan fingerprint density at radius 2 is 1.94 bits per heavy atom. The number of fused-ring (bicyclic) bond motifs is 4. The second-order valence-corrected chi connectivity index (χ2v) is 9.75. The Morgan fingerprint density at radius 3 is 2.71 bits per heavy atom. The molecule has 3 aliphatic heterocycles. The number of ether oxygens (including phenoxy) is 1. The monoisotopic (exact) mass is 474 g/mol. The number of hydrogen-bond donors (Lipinski definition) is 1. The molecule has 184 valence electrons. The van der Waals surface area contributed by atoms with Gasteiger partial charge in [-0.3, -0.25) is 9.59 Å². The number of amides is 1. The number of Topliss-reactive ketones (excluding diaryl/α,β-unsaturated/α-hetero) is 1. The van der Waals surface area contributed by atoms with E-state index in [4.69, 9.17) is 9.15 Å². The van der Waals surface area contributed by atoms with Gasteiger partial charge in [-0.1, -0.05) is 30.3 Å². The van der Waals surface area contributed by atoms with Crippen LogP contribution in [0.3, 0.4) is 0 Å². The minimum atomic E-state index is -0.108. The van der Waals surface area contributed by atoms with Crippen molar-refractivity contribution in [3.05, 3.63) is 59.9 Å². The van der Waals surface area contributed by atoms with E-state index in [9.17, 15) is 9.59 Å². The molecule has 1 atom stereocenters. The van der Waals surface area contributed by atoms with Gasteiger partial charge in [0.25, 0.3) is 5.91 Å². The smallest absolute Gasteiger partial charge is 0.251 e. The van der Waals surface area contributed by atoms with E-state index in [2.05, 4.69) is 10.2 Å². The predicted octanol–water partition coefficient (Wildman–Crippen LogP) is 5.17. The average molecular weight is 475 g/mol. The summed E-state index contributed by atoms with van der Waals surface area (Å²) in [7, 11) is 0. The molecule has 1 N–H and O–H groups in total. The molecule has 3 fully saturated rings. The van der Waals surface area contributed by atoms with Crippen LogP contribution in [0, 0.1) is 11.8 Å². The SMILES string of the molecule is CCOCCCNC(=O)c1cccc(-c2cccc3cc(C(=O)C[C@@H]4CN5CCC4CC5)oc23)c1. The van der Waals surface area contributed by atoms with Gasteiger partial charge in [0.05, 0.1) is 0 Å². The molecule has 2 aromatic carbocycles. The molecule has 35 heavy (non-hydrogen) atoms. The number of rotatable bonds is 10. The Balaban J connectivity index is 1.32. The molecule has 3 aliphatic rings. The van der Waals surface area contributed by atoms with Crippen LogP contribution in [-0.4, -0.2) is 56.0 Å². The Labute approximate surface area is 206 Å². The lowest BCUT2D eigenvalue weighted by Gasteiger charge is -2.44. The molecule has 4 heterocycles. The molecular weight excluding hydrogens is 440 g/mol. The van der Waals surface area contributed by atoms with E-state index in [1.165, 1.54) is 25.9 Å². The van der Waals surface area contributed by atoms with E-state index >= 15 is 0 Å². The Kier molecular flexibility index (Phi) is 7.30. The van der Waals surface area contributed by atoms with Gasteiger partial charge in [0.1, 0.15) is 5.58 Å². The van der Waals surface area contributed by atoms with Crippen molar-refractivity contribution in [3.8, 4) is 11.1 Å². The van der Waals surface area contributed by atoms with Gasteiger partial charge in [0.15, 0.2) is 11.5 Å². The first-order valence-electron chi connectivity index (χ1n) is 12.9. The average Bonchev–Trinajstić information content (AvgIpc) is 3.34. The molecule has 3 saturated heterocycles. The fourth-order valence-electron chi connectivity index (χ4n) is 5.54. The van der Waals surface area contributed by atoms with Crippen LogP contribution in [0.1, 0.15) is 53.5 Å². The Morgan fingerprint density at radius 1 is 1.11 bits per heavy atom. The first-order valence-corrected chi connectivity index (χ1v) is 12.9. The molecule has 0 saturated carbocycles. The van der Waals surface area contributed by atoms with E-state index in [1.54, 1.807) is 0 Å². The molecule has 2 bridgehead atoms. The zero-order valence-corrected chi connectivity index (χ0v) is 20.4. The Bertz CT molecular complexity index is 1190. The normalized spacial score (nSPS) is 21.3. The summed E-state index contributed by atoms with van der Waals surface area (Å²) in [6, 6.07) is 15.3. The molecule has 1 aromatic heterocycles. The number of para-hydroxylation sites is 1. The van der Waals surface area contributed by atoms with Gasteiger partial charge in [-0.15, -0.1) is 0 Å². The molecule has 0 aliphatic carbocycles. The summed E-state index contributed by atoms with van der Waals surface area (Å²) in [4.78, 5) is 28.3. The molecule has 0 radical (unpaired) electrons. The topological polar surface area (TPSA) is 71.8 Å². The third kappa shape index (κ3) is 5.34. The number of benzene rings is 2. The van der Waals surface area contributed by atoms with Crippen molar-refractivity contribution in [1.82, 2.24) is 10.2 Å². The predicted molar refractivity (Wildman–Crippen MR) is 137 cm³/mol. The minimum Gasteiger partial charge on any atom is -0.452 e. The van der Waals surface area contributed by atoms with Crippen molar-refractivity contribution in [2.45, 2.75) is 32.6 Å². The van der Waals surface area contributed by atoms with E-state index in [0.717, 1.165) is 29.5 Å². The number of nitrogens with zero attached hydrogens (tertiary/aromatic N) is 1. The lowest BCUT2D eigenvalue weighted by atomic mass is 9.76. The van der Waals surface area contributed by atoms with Crippen molar-refractivity contribution < 1.29 is 18.7 Å². The van der Waals surface area contributed by atoms with E-state index in [0.29, 0.717) is 54.9 Å².